The molecule has 6 rings (SSSR count). The zero-order valence-corrected chi connectivity index (χ0v) is 48.7. The number of nitrogen functional groups attached to an aromatic ring is 1. The van der Waals surface area contributed by atoms with E-state index in [0.717, 1.165) is 11.1 Å². The highest BCUT2D eigenvalue weighted by Gasteiger charge is 2.35. The van der Waals surface area contributed by atoms with Crippen molar-refractivity contribution in [3.05, 3.63) is 124 Å². The van der Waals surface area contributed by atoms with E-state index in [1.165, 1.54) is 42.6 Å². The van der Waals surface area contributed by atoms with Crippen LogP contribution in [-0.2, 0) is 54.5 Å². The predicted octanol–water partition coefficient (Wildman–Crippen LogP) is 0.418. The summed E-state index contributed by atoms with van der Waals surface area (Å²) in [4.78, 5) is 170. The number of thioether (sulfide) groups is 1. The molecule has 1 aliphatic rings. The number of hydrogen-bond donors (Lipinski definition) is 14. The summed E-state index contributed by atoms with van der Waals surface area (Å²) in [5, 5.41) is 51.1. The molecule has 0 fully saturated rings. The summed E-state index contributed by atoms with van der Waals surface area (Å²) in [6.45, 7) is 4.90. The van der Waals surface area contributed by atoms with Gasteiger partial charge in [-0.2, -0.15) is 16.7 Å². The molecule has 3 aromatic carbocycles. The molecule has 466 valence electrons. The third kappa shape index (κ3) is 19.6. The van der Waals surface area contributed by atoms with Crippen LogP contribution in [0.5, 0.6) is 0 Å². The topological polar surface area (TPSA) is 454 Å². The average molecular weight is 1230 g/mol. The summed E-state index contributed by atoms with van der Waals surface area (Å²) >= 11 is 1.57. The third-order valence-corrected chi connectivity index (χ3v) is 14.8. The van der Waals surface area contributed by atoms with Gasteiger partial charge in [-0.25, -0.2) is 9.97 Å². The summed E-state index contributed by atoms with van der Waals surface area (Å²) in [5.74, 6) is -10.7. The van der Waals surface area contributed by atoms with Gasteiger partial charge in [-0.3, -0.25) is 62.5 Å². The summed E-state index contributed by atoms with van der Waals surface area (Å²) in [5.41, 5.74) is 11.1. The normalized spacial score (nSPS) is 13.5. The molecule has 6 atom stereocenters. The van der Waals surface area contributed by atoms with Crippen molar-refractivity contribution >= 4 is 99.7 Å². The number of aromatic amines is 1. The smallest absolute Gasteiger partial charge is 0.305 e. The standard InChI is InChI=1S/C58H68N14O15S/c1-4-9-39(67-55(85)41(24-47(77)78)66-45(74)20-14-30(2)64-51(81)31-15-17-32(18-16-31)61-26-33-27-63-50-49(65-33)57(87)72-58(59)71-50)53(83)69-42(25-48(79)80)56(86)68-40(19-21-46(75)76)54(84)70-43(52(82)60-3)28-62-44(73)22-23-88-29-38-36-12-7-5-10-34(36)35-11-6-8-13-37(35)38/h4-8,10-13,15-18,27,30,38-43,61H,1,9,14,19-26,28-29H2,2-3H3,(H,60,82)(H,62,73)(H,64,81)(H,66,74)(H,67,85)(H,68,86)(H,69,83)(H,70,84)(H,75,76)(H,77,78)(H,79,80)(H3,59,63,71,72,87)/t30-,39+,40+,41+,42+,43+/m1/s1. The van der Waals surface area contributed by atoms with Crippen LogP contribution in [-0.4, -0.2) is 162 Å². The first-order valence-electron chi connectivity index (χ1n) is 27.7. The van der Waals surface area contributed by atoms with E-state index in [1.54, 1.807) is 30.8 Å². The lowest BCUT2D eigenvalue weighted by Gasteiger charge is -2.26. The number of benzene rings is 3. The number of nitrogens with one attached hydrogen (secondary N) is 10. The van der Waals surface area contributed by atoms with Crippen molar-refractivity contribution in [2.45, 2.75) is 107 Å². The first-order chi connectivity index (χ1) is 42.0. The van der Waals surface area contributed by atoms with Crippen molar-refractivity contribution in [1.29, 1.82) is 0 Å². The molecule has 0 bridgehead atoms. The Bertz CT molecular complexity index is 3450. The van der Waals surface area contributed by atoms with Gasteiger partial charge >= 0.3 is 17.9 Å². The molecule has 30 heteroatoms. The number of anilines is 2. The molecule has 8 amide bonds. The quantitative estimate of drug-likeness (QED) is 0.0196. The molecular weight excluding hydrogens is 1160 g/mol. The second-order valence-corrected chi connectivity index (χ2v) is 21.5. The lowest BCUT2D eigenvalue weighted by atomic mass is 9.99. The Labute approximate surface area is 507 Å². The summed E-state index contributed by atoms with van der Waals surface area (Å²) in [6, 6.07) is 13.3. The zero-order chi connectivity index (χ0) is 64.0. The molecular formula is C58H68N14O15S. The van der Waals surface area contributed by atoms with E-state index in [-0.39, 0.29) is 60.8 Å². The number of rotatable bonds is 34. The number of amides is 8. The number of carboxylic acids is 3. The molecule has 2 aromatic heterocycles. The second-order valence-electron chi connectivity index (χ2n) is 20.3. The molecule has 0 saturated carbocycles. The molecule has 0 aliphatic heterocycles. The SMILES string of the molecule is C=CC[C@H](NC(=O)[C@H](CC(=O)O)NC(=O)CC[C@@H](C)NC(=O)c1ccc(NCc2cnc3nc(N)[nH]c(=O)c3n2)cc1)C(=O)N[C@@H](CC(=O)O)C(=O)N[C@@H](CCC(=O)O)C(=O)N[C@@H](CNC(=O)CCSCC1c2ccccc2-c2ccccc21)C(=O)NC. The number of H-pyrrole nitrogens is 1. The number of hydrogen-bond acceptors (Lipinski definition) is 18. The molecule has 29 nitrogen and oxygen atoms in total. The van der Waals surface area contributed by atoms with Crippen LogP contribution in [0.1, 0.15) is 91.4 Å². The van der Waals surface area contributed by atoms with Gasteiger partial charge in [-0.15, -0.1) is 6.58 Å². The van der Waals surface area contributed by atoms with Gasteiger partial charge in [0.25, 0.3) is 11.5 Å². The van der Waals surface area contributed by atoms with Gasteiger partial charge in [-0.05, 0) is 72.7 Å². The lowest BCUT2D eigenvalue weighted by molar-refractivity contribution is -0.141. The van der Waals surface area contributed by atoms with Gasteiger partial charge < -0.3 is 68.9 Å². The van der Waals surface area contributed by atoms with Crippen molar-refractivity contribution in [2.75, 3.05) is 36.1 Å². The van der Waals surface area contributed by atoms with Gasteiger partial charge in [-0.1, -0.05) is 54.6 Å². The van der Waals surface area contributed by atoms with Crippen LogP contribution in [0.25, 0.3) is 22.3 Å². The maximum Gasteiger partial charge on any atom is 0.305 e. The highest BCUT2D eigenvalue weighted by Crippen LogP contribution is 2.45. The van der Waals surface area contributed by atoms with E-state index in [2.05, 4.69) is 98.6 Å². The van der Waals surface area contributed by atoms with Crippen LogP contribution >= 0.6 is 11.8 Å². The van der Waals surface area contributed by atoms with Crippen LogP contribution in [0.2, 0.25) is 0 Å². The summed E-state index contributed by atoms with van der Waals surface area (Å²) < 4.78 is 0. The fourth-order valence-electron chi connectivity index (χ4n) is 9.27. The maximum absolute atomic E-state index is 13.8. The van der Waals surface area contributed by atoms with Gasteiger partial charge in [0.05, 0.1) is 31.3 Å². The minimum absolute atomic E-state index is 0.00957. The summed E-state index contributed by atoms with van der Waals surface area (Å²) in [6.07, 6.45) is -1.42. The Morgan fingerprint density at radius 3 is 1.86 bits per heavy atom. The van der Waals surface area contributed by atoms with E-state index in [1.807, 2.05) is 24.3 Å². The Kier molecular flexibility index (Phi) is 24.5. The number of carbonyl (C=O) groups is 11. The molecule has 0 spiro atoms. The minimum Gasteiger partial charge on any atom is -0.481 e. The van der Waals surface area contributed by atoms with Crippen molar-refractivity contribution in [3.63, 3.8) is 0 Å². The van der Waals surface area contributed by atoms with Crippen LogP contribution in [0.4, 0.5) is 11.6 Å². The number of aliphatic carboxylic acids is 3. The number of aromatic nitrogens is 4. The van der Waals surface area contributed by atoms with Gasteiger partial charge in [0.2, 0.25) is 47.3 Å². The lowest BCUT2D eigenvalue weighted by Crippen LogP contribution is -2.60. The number of carboxylic acid groups (broad SMARTS) is 3. The third-order valence-electron chi connectivity index (χ3n) is 13.7. The molecule has 88 heavy (non-hydrogen) atoms. The largest absolute Gasteiger partial charge is 0.481 e. The molecule has 5 aromatic rings. The van der Waals surface area contributed by atoms with E-state index in [4.69, 9.17) is 5.73 Å². The highest BCUT2D eigenvalue weighted by molar-refractivity contribution is 7.99. The first kappa shape index (κ1) is 66.9. The summed E-state index contributed by atoms with van der Waals surface area (Å²) in [7, 11) is 1.26. The van der Waals surface area contributed by atoms with Crippen molar-refractivity contribution in [1.82, 2.24) is 62.5 Å². The Hall–Kier alpha value is -10.3. The zero-order valence-electron chi connectivity index (χ0n) is 47.9. The maximum atomic E-state index is 13.8. The Balaban J connectivity index is 0.987. The van der Waals surface area contributed by atoms with Gasteiger partial charge in [0, 0.05) is 67.6 Å². The van der Waals surface area contributed by atoms with E-state index < -0.39 is 139 Å². The van der Waals surface area contributed by atoms with Crippen molar-refractivity contribution in [3.8, 4) is 11.1 Å². The fourth-order valence-corrected chi connectivity index (χ4v) is 10.4. The number of nitrogens with zero attached hydrogens (tertiary/aromatic N) is 3. The van der Waals surface area contributed by atoms with Crippen molar-refractivity contribution < 1.29 is 68.1 Å². The van der Waals surface area contributed by atoms with Crippen LogP contribution in [0.15, 0.2) is 96.4 Å². The van der Waals surface area contributed by atoms with Crippen LogP contribution in [0.3, 0.4) is 0 Å². The van der Waals surface area contributed by atoms with Crippen LogP contribution in [0, 0.1) is 0 Å². The molecule has 0 saturated heterocycles. The Morgan fingerprint density at radius 2 is 1.25 bits per heavy atom. The predicted molar refractivity (Wildman–Crippen MR) is 321 cm³/mol. The number of likely N-dealkylation sites (N-methyl/N-ethyl adjacent to an activating group) is 1. The molecule has 2 heterocycles. The van der Waals surface area contributed by atoms with Crippen LogP contribution < -0.4 is 59.1 Å². The molecule has 1 aliphatic carbocycles. The average Bonchev–Trinajstić information content (AvgIpc) is 1.76. The van der Waals surface area contributed by atoms with E-state index in [9.17, 15) is 72.9 Å². The number of nitrogens with two attached hydrogens (primary N) is 1. The molecule has 0 unspecified atom stereocenters. The molecule has 15 N–H and O–H groups in total. The monoisotopic (exact) mass is 1230 g/mol. The number of fused-ring (bicyclic) bond motifs is 4. The van der Waals surface area contributed by atoms with Gasteiger partial charge in [0.1, 0.15) is 30.2 Å². The van der Waals surface area contributed by atoms with E-state index >= 15 is 0 Å². The highest BCUT2D eigenvalue weighted by atomic mass is 32.2. The van der Waals surface area contributed by atoms with Gasteiger partial charge in [0.15, 0.2) is 11.2 Å². The molecule has 0 radical (unpaired) electrons. The van der Waals surface area contributed by atoms with Crippen molar-refractivity contribution in [2.24, 2.45) is 0 Å². The second kappa shape index (κ2) is 32.3. The minimum atomic E-state index is -2.00. The fraction of sp³-hybridized carbons (Fsp3) is 0.362. The first-order valence-corrected chi connectivity index (χ1v) is 28.9. The Morgan fingerprint density at radius 1 is 0.670 bits per heavy atom. The number of carbonyl (C=O) groups excluding carboxylic acids is 8. The van der Waals surface area contributed by atoms with E-state index in [0.29, 0.717) is 22.9 Å².